The number of carbonyl (C=O) groups is 2. The van der Waals surface area contributed by atoms with Gasteiger partial charge in [-0.05, 0) is 60.7 Å². The zero-order valence-corrected chi connectivity index (χ0v) is 17.6. The van der Waals surface area contributed by atoms with Gasteiger partial charge >= 0.3 is 5.97 Å². The lowest BCUT2D eigenvalue weighted by Crippen LogP contribution is -2.22. The monoisotopic (exact) mass is 442 g/mol. The van der Waals surface area contributed by atoms with E-state index < -0.39 is 11.9 Å². The molecule has 0 spiro atoms. The van der Waals surface area contributed by atoms with Crippen LogP contribution in [0.2, 0.25) is 5.02 Å². The Balaban J connectivity index is 1.29. The van der Waals surface area contributed by atoms with Crippen molar-refractivity contribution in [3.8, 4) is 5.69 Å². The van der Waals surface area contributed by atoms with Gasteiger partial charge in [0.1, 0.15) is 12.7 Å². The van der Waals surface area contributed by atoms with Crippen molar-refractivity contribution in [3.05, 3.63) is 65.2 Å². The van der Waals surface area contributed by atoms with Crippen molar-refractivity contribution in [2.24, 2.45) is 0 Å². The van der Waals surface area contributed by atoms with E-state index >= 15 is 0 Å². The van der Waals surface area contributed by atoms with Crippen LogP contribution in [0, 0.1) is 0 Å². The maximum absolute atomic E-state index is 12.3. The summed E-state index contributed by atoms with van der Waals surface area (Å²) < 4.78 is 6.62. The number of rotatable bonds is 7. The van der Waals surface area contributed by atoms with E-state index in [2.05, 4.69) is 27.5 Å². The molecule has 1 aliphatic rings. The van der Waals surface area contributed by atoms with Gasteiger partial charge in [-0.25, -0.2) is 9.67 Å². The summed E-state index contributed by atoms with van der Waals surface area (Å²) in [4.78, 5) is 29.3. The van der Waals surface area contributed by atoms with E-state index in [-0.39, 0.29) is 12.4 Å². The molecule has 0 atom stereocenters. The third kappa shape index (κ3) is 5.01. The fraction of sp³-hybridized carbons (Fsp3) is 0.238. The summed E-state index contributed by atoms with van der Waals surface area (Å²) in [7, 11) is 0. The van der Waals surface area contributed by atoms with Crippen LogP contribution in [0.4, 0.5) is 5.69 Å². The van der Waals surface area contributed by atoms with Gasteiger partial charge in [-0.2, -0.15) is 5.10 Å². The second-order valence-electron chi connectivity index (χ2n) is 6.78. The highest BCUT2D eigenvalue weighted by atomic mass is 35.5. The summed E-state index contributed by atoms with van der Waals surface area (Å²) in [6.07, 6.45) is 6.30. The second kappa shape index (κ2) is 9.32. The number of fused-ring (bicyclic) bond motifs is 1. The number of amides is 1. The summed E-state index contributed by atoms with van der Waals surface area (Å²) in [6.45, 7) is -0.382. The van der Waals surface area contributed by atoms with Gasteiger partial charge in [0.05, 0.1) is 17.1 Å². The number of halogens is 1. The molecule has 1 aromatic heterocycles. The predicted molar refractivity (Wildman–Crippen MR) is 115 cm³/mol. The van der Waals surface area contributed by atoms with E-state index in [1.54, 1.807) is 18.2 Å². The molecule has 0 saturated carbocycles. The van der Waals surface area contributed by atoms with E-state index in [0.717, 1.165) is 17.7 Å². The van der Waals surface area contributed by atoms with Crippen molar-refractivity contribution >= 4 is 40.9 Å². The predicted octanol–water partition coefficient (Wildman–Crippen LogP) is 3.68. The minimum Gasteiger partial charge on any atom is -0.455 e. The number of nitrogens with zero attached hydrogens (tertiary/aromatic N) is 3. The fourth-order valence-corrected chi connectivity index (χ4v) is 4.22. The number of esters is 1. The molecule has 154 valence electrons. The van der Waals surface area contributed by atoms with Gasteiger partial charge < -0.3 is 10.1 Å². The maximum Gasteiger partial charge on any atom is 0.316 e. The lowest BCUT2D eigenvalue weighted by molar-refractivity contribution is -0.144. The first kappa shape index (κ1) is 20.4. The number of aromatic nitrogens is 3. The van der Waals surface area contributed by atoms with E-state index in [9.17, 15) is 9.59 Å². The number of thioether (sulfide) groups is 1. The molecule has 30 heavy (non-hydrogen) atoms. The second-order valence-corrected chi connectivity index (χ2v) is 8.27. The molecule has 1 amide bonds. The van der Waals surface area contributed by atoms with Gasteiger partial charge in [0.25, 0.3) is 5.91 Å². The highest BCUT2D eigenvalue weighted by molar-refractivity contribution is 8.00. The van der Waals surface area contributed by atoms with Gasteiger partial charge in [-0.15, -0.1) is 11.8 Å². The summed E-state index contributed by atoms with van der Waals surface area (Å²) in [5, 5.41) is 7.21. The first-order valence-corrected chi connectivity index (χ1v) is 10.8. The minimum atomic E-state index is -0.463. The highest BCUT2D eigenvalue weighted by Crippen LogP contribution is 2.27. The third-order valence-corrected chi connectivity index (χ3v) is 5.89. The number of anilines is 1. The molecule has 9 heteroatoms. The summed E-state index contributed by atoms with van der Waals surface area (Å²) in [5.74, 6) is -0.763. The SMILES string of the molecule is O=C(COC(=O)CSc1ccc2c(c1)CCC2)Nc1cc(Cl)ccc1-n1cncn1. The molecule has 0 unspecified atom stereocenters. The zero-order chi connectivity index (χ0) is 20.9. The Kier molecular flexibility index (Phi) is 6.35. The van der Waals surface area contributed by atoms with Gasteiger partial charge in [-0.1, -0.05) is 17.7 Å². The van der Waals surface area contributed by atoms with Gasteiger partial charge in [0.2, 0.25) is 0 Å². The lowest BCUT2D eigenvalue weighted by atomic mass is 10.1. The first-order chi connectivity index (χ1) is 14.6. The Bertz CT molecular complexity index is 1070. The highest BCUT2D eigenvalue weighted by Gasteiger charge is 2.14. The van der Waals surface area contributed by atoms with Crippen LogP contribution in [-0.4, -0.2) is 39.0 Å². The van der Waals surface area contributed by atoms with Crippen LogP contribution >= 0.6 is 23.4 Å². The molecule has 0 saturated heterocycles. The first-order valence-electron chi connectivity index (χ1n) is 9.43. The summed E-state index contributed by atoms with van der Waals surface area (Å²) in [6, 6.07) is 11.3. The smallest absolute Gasteiger partial charge is 0.316 e. The standard InChI is InChI=1S/C21H19ClN4O3S/c22-16-5-7-19(26-13-23-12-24-26)18(9-16)25-20(27)10-29-21(28)11-30-17-6-4-14-2-1-3-15(14)8-17/h4-9,12-13H,1-3,10-11H2,(H,25,27). The van der Waals surface area contributed by atoms with Crippen molar-refractivity contribution in [2.75, 3.05) is 17.7 Å². The molecule has 4 rings (SSSR count). The summed E-state index contributed by atoms with van der Waals surface area (Å²) >= 11 is 7.45. The molecule has 1 N–H and O–H groups in total. The van der Waals surface area contributed by atoms with Crippen molar-refractivity contribution in [3.63, 3.8) is 0 Å². The molecule has 0 aliphatic heterocycles. The quantitative estimate of drug-likeness (QED) is 0.443. The molecular weight excluding hydrogens is 424 g/mol. The largest absolute Gasteiger partial charge is 0.455 e. The van der Waals surface area contributed by atoms with Crippen LogP contribution in [0.5, 0.6) is 0 Å². The van der Waals surface area contributed by atoms with Crippen molar-refractivity contribution in [1.29, 1.82) is 0 Å². The molecule has 3 aromatic rings. The average Bonchev–Trinajstić information content (AvgIpc) is 3.42. The van der Waals surface area contributed by atoms with E-state index in [1.807, 2.05) is 6.07 Å². The Morgan fingerprint density at radius 2 is 2.03 bits per heavy atom. The normalized spacial score (nSPS) is 12.4. The van der Waals surface area contributed by atoms with E-state index in [4.69, 9.17) is 16.3 Å². The third-order valence-electron chi connectivity index (χ3n) is 4.69. The van der Waals surface area contributed by atoms with Crippen molar-refractivity contribution in [2.45, 2.75) is 24.2 Å². The molecule has 1 aliphatic carbocycles. The van der Waals surface area contributed by atoms with Crippen LogP contribution in [0.3, 0.4) is 0 Å². The Labute approximate surface area is 182 Å². The number of nitrogens with one attached hydrogen (secondary N) is 1. The van der Waals surface area contributed by atoms with E-state index in [1.165, 1.54) is 46.6 Å². The van der Waals surface area contributed by atoms with Crippen LogP contribution < -0.4 is 5.32 Å². The maximum atomic E-state index is 12.3. The van der Waals surface area contributed by atoms with E-state index in [0.29, 0.717) is 16.4 Å². The Hall–Kier alpha value is -2.84. The summed E-state index contributed by atoms with van der Waals surface area (Å²) in [5.41, 5.74) is 3.80. The van der Waals surface area contributed by atoms with Gasteiger partial charge in [-0.3, -0.25) is 9.59 Å². The number of aryl methyl sites for hydroxylation is 2. The molecule has 2 aromatic carbocycles. The molecule has 1 heterocycles. The van der Waals surface area contributed by atoms with Crippen LogP contribution in [0.15, 0.2) is 53.9 Å². The number of benzene rings is 2. The zero-order valence-electron chi connectivity index (χ0n) is 16.0. The lowest BCUT2D eigenvalue weighted by Gasteiger charge is -2.11. The number of carbonyl (C=O) groups excluding carboxylic acids is 2. The minimum absolute atomic E-state index is 0.146. The van der Waals surface area contributed by atoms with Gasteiger partial charge in [0.15, 0.2) is 6.61 Å². The van der Waals surface area contributed by atoms with Crippen LogP contribution in [0.25, 0.3) is 5.69 Å². The van der Waals surface area contributed by atoms with Crippen LogP contribution in [0.1, 0.15) is 17.5 Å². The fourth-order valence-electron chi connectivity index (χ4n) is 3.30. The molecule has 0 radical (unpaired) electrons. The Morgan fingerprint density at radius 1 is 1.17 bits per heavy atom. The molecule has 0 fully saturated rings. The van der Waals surface area contributed by atoms with Gasteiger partial charge in [0, 0.05) is 9.92 Å². The van der Waals surface area contributed by atoms with Crippen molar-refractivity contribution in [1.82, 2.24) is 14.8 Å². The molecular formula is C21H19ClN4O3S. The number of hydrogen-bond donors (Lipinski definition) is 1. The average molecular weight is 443 g/mol. The topological polar surface area (TPSA) is 86.1 Å². The number of hydrogen-bond acceptors (Lipinski definition) is 6. The molecule has 7 nitrogen and oxygen atoms in total. The number of ether oxygens (including phenoxy) is 1. The molecule has 0 bridgehead atoms. The van der Waals surface area contributed by atoms with Crippen LogP contribution in [-0.2, 0) is 27.2 Å². The van der Waals surface area contributed by atoms with Crippen molar-refractivity contribution < 1.29 is 14.3 Å². The Morgan fingerprint density at radius 3 is 2.87 bits per heavy atom.